The summed E-state index contributed by atoms with van der Waals surface area (Å²) < 4.78 is 5.51. The Morgan fingerprint density at radius 3 is 3.14 bits per heavy atom. The number of halogens is 1. The van der Waals surface area contributed by atoms with Crippen molar-refractivity contribution in [3.8, 4) is 0 Å². The standard InChI is InChI=1S/C11H11BrO2/c1-11-5-3-2-4-10(11)14-9(6-11)8(13)7-12/h2-4,6H,5,7H2,1H3. The lowest BCUT2D eigenvalue weighted by Crippen LogP contribution is -2.13. The number of hydrogen-bond acceptors (Lipinski definition) is 2. The van der Waals surface area contributed by atoms with Crippen LogP contribution in [0.15, 0.2) is 35.8 Å². The summed E-state index contributed by atoms with van der Waals surface area (Å²) >= 11 is 3.14. The highest BCUT2D eigenvalue weighted by molar-refractivity contribution is 9.09. The maximum atomic E-state index is 11.4. The first-order valence-corrected chi connectivity index (χ1v) is 5.65. The number of alkyl halides is 1. The van der Waals surface area contributed by atoms with Crippen LogP contribution in [-0.2, 0) is 9.53 Å². The summed E-state index contributed by atoms with van der Waals surface area (Å²) in [7, 11) is 0. The van der Waals surface area contributed by atoms with Gasteiger partial charge < -0.3 is 4.74 Å². The summed E-state index contributed by atoms with van der Waals surface area (Å²) in [5.41, 5.74) is -0.109. The van der Waals surface area contributed by atoms with E-state index in [0.29, 0.717) is 11.1 Å². The van der Waals surface area contributed by atoms with Crippen molar-refractivity contribution in [3.05, 3.63) is 35.8 Å². The van der Waals surface area contributed by atoms with Crippen molar-refractivity contribution in [1.29, 1.82) is 0 Å². The van der Waals surface area contributed by atoms with Gasteiger partial charge in [0.15, 0.2) is 5.76 Å². The van der Waals surface area contributed by atoms with Gasteiger partial charge in [-0.2, -0.15) is 0 Å². The van der Waals surface area contributed by atoms with E-state index in [0.717, 1.165) is 12.2 Å². The highest BCUT2D eigenvalue weighted by atomic mass is 79.9. The minimum atomic E-state index is -0.109. The molecule has 74 valence electrons. The molecular weight excluding hydrogens is 244 g/mol. The zero-order chi connectivity index (χ0) is 10.2. The molecule has 0 aromatic heterocycles. The maximum absolute atomic E-state index is 11.4. The molecule has 0 radical (unpaired) electrons. The van der Waals surface area contributed by atoms with Crippen molar-refractivity contribution in [2.45, 2.75) is 13.3 Å². The first-order valence-electron chi connectivity index (χ1n) is 4.53. The Labute approximate surface area is 91.5 Å². The third kappa shape index (κ3) is 1.46. The lowest BCUT2D eigenvalue weighted by atomic mass is 9.82. The molecule has 2 aliphatic rings. The van der Waals surface area contributed by atoms with Gasteiger partial charge >= 0.3 is 0 Å². The second-order valence-electron chi connectivity index (χ2n) is 3.75. The highest BCUT2D eigenvalue weighted by Crippen LogP contribution is 2.43. The van der Waals surface area contributed by atoms with Crippen LogP contribution in [0.5, 0.6) is 0 Å². The van der Waals surface area contributed by atoms with Crippen LogP contribution in [0.1, 0.15) is 13.3 Å². The number of rotatable bonds is 2. The van der Waals surface area contributed by atoms with Crippen LogP contribution in [0.4, 0.5) is 0 Å². The molecule has 2 rings (SSSR count). The first kappa shape index (κ1) is 9.71. The van der Waals surface area contributed by atoms with Gasteiger partial charge in [-0.15, -0.1) is 0 Å². The summed E-state index contributed by atoms with van der Waals surface area (Å²) in [5.74, 6) is 1.35. The molecule has 14 heavy (non-hydrogen) atoms. The van der Waals surface area contributed by atoms with Crippen LogP contribution in [0, 0.1) is 5.41 Å². The van der Waals surface area contributed by atoms with Crippen LogP contribution < -0.4 is 0 Å². The molecule has 0 saturated heterocycles. The minimum Gasteiger partial charge on any atom is -0.457 e. The molecule has 0 amide bonds. The normalized spacial score (nSPS) is 29.0. The highest BCUT2D eigenvalue weighted by Gasteiger charge is 2.37. The second-order valence-corrected chi connectivity index (χ2v) is 4.31. The monoisotopic (exact) mass is 254 g/mol. The third-order valence-corrected chi connectivity index (χ3v) is 3.06. The Morgan fingerprint density at radius 2 is 2.50 bits per heavy atom. The molecule has 1 unspecified atom stereocenters. The molecule has 0 aromatic rings. The molecule has 0 spiro atoms. The van der Waals surface area contributed by atoms with Gasteiger partial charge in [0.25, 0.3) is 0 Å². The van der Waals surface area contributed by atoms with Gasteiger partial charge in [0, 0.05) is 0 Å². The van der Waals surface area contributed by atoms with Crippen molar-refractivity contribution in [1.82, 2.24) is 0 Å². The molecule has 0 bridgehead atoms. The average molecular weight is 255 g/mol. The van der Waals surface area contributed by atoms with Gasteiger partial charge in [-0.3, -0.25) is 4.79 Å². The molecule has 3 heteroatoms. The number of ketones is 1. The summed E-state index contributed by atoms with van der Waals surface area (Å²) in [4.78, 5) is 11.4. The van der Waals surface area contributed by atoms with E-state index in [1.807, 2.05) is 18.2 Å². The van der Waals surface area contributed by atoms with Crippen LogP contribution in [0.3, 0.4) is 0 Å². The summed E-state index contributed by atoms with van der Waals surface area (Å²) in [6.07, 6.45) is 8.80. The third-order valence-electron chi connectivity index (χ3n) is 2.55. The van der Waals surface area contributed by atoms with Crippen molar-refractivity contribution >= 4 is 21.7 Å². The zero-order valence-electron chi connectivity index (χ0n) is 7.92. The largest absolute Gasteiger partial charge is 0.457 e. The number of Topliss-reactive ketones (excluding diaryl/α,β-unsaturated/α-hetero) is 1. The fourth-order valence-corrected chi connectivity index (χ4v) is 1.96. The van der Waals surface area contributed by atoms with Crippen molar-refractivity contribution < 1.29 is 9.53 Å². The molecule has 1 atom stereocenters. The van der Waals surface area contributed by atoms with Crippen LogP contribution in [-0.4, -0.2) is 11.1 Å². The van der Waals surface area contributed by atoms with Gasteiger partial charge in [-0.1, -0.05) is 28.1 Å². The van der Waals surface area contributed by atoms with E-state index in [1.54, 1.807) is 0 Å². The number of fused-ring (bicyclic) bond motifs is 1. The van der Waals surface area contributed by atoms with Crippen molar-refractivity contribution in [2.24, 2.45) is 5.41 Å². The predicted molar refractivity (Wildman–Crippen MR) is 57.9 cm³/mol. The first-order chi connectivity index (χ1) is 6.65. The van der Waals surface area contributed by atoms with Gasteiger partial charge in [0.05, 0.1) is 10.7 Å². The number of hydrogen-bond donors (Lipinski definition) is 0. The number of allylic oxidation sites excluding steroid dienone is 5. The smallest absolute Gasteiger partial charge is 0.208 e. The Kier molecular flexibility index (Phi) is 2.35. The van der Waals surface area contributed by atoms with Crippen molar-refractivity contribution in [3.63, 3.8) is 0 Å². The molecule has 0 saturated carbocycles. The Hall–Kier alpha value is -0.830. The molecule has 0 fully saturated rings. The van der Waals surface area contributed by atoms with Crippen molar-refractivity contribution in [2.75, 3.05) is 5.33 Å². The van der Waals surface area contributed by atoms with Gasteiger partial charge in [0.2, 0.25) is 5.78 Å². The fraction of sp³-hybridized carbons (Fsp3) is 0.364. The van der Waals surface area contributed by atoms with E-state index >= 15 is 0 Å². The van der Waals surface area contributed by atoms with E-state index in [-0.39, 0.29) is 11.2 Å². The lowest BCUT2D eigenvalue weighted by Gasteiger charge is -2.22. The topological polar surface area (TPSA) is 26.3 Å². The summed E-state index contributed by atoms with van der Waals surface area (Å²) in [6, 6.07) is 0. The van der Waals surface area contributed by atoms with Gasteiger partial charge in [-0.05, 0) is 25.5 Å². The van der Waals surface area contributed by atoms with E-state index < -0.39 is 0 Å². The van der Waals surface area contributed by atoms with E-state index in [9.17, 15) is 4.79 Å². The quantitative estimate of drug-likeness (QED) is 0.709. The molecule has 1 aliphatic carbocycles. The van der Waals surface area contributed by atoms with E-state index in [1.165, 1.54) is 0 Å². The number of carbonyl (C=O) groups is 1. The zero-order valence-corrected chi connectivity index (χ0v) is 9.50. The number of carbonyl (C=O) groups excluding carboxylic acids is 1. The fourth-order valence-electron chi connectivity index (χ4n) is 1.68. The van der Waals surface area contributed by atoms with Gasteiger partial charge in [-0.25, -0.2) is 0 Å². The lowest BCUT2D eigenvalue weighted by molar-refractivity contribution is -0.115. The molecular formula is C11H11BrO2. The minimum absolute atomic E-state index is 0.00141. The Balaban J connectivity index is 2.29. The summed E-state index contributed by atoms with van der Waals surface area (Å²) in [6.45, 7) is 2.08. The van der Waals surface area contributed by atoms with Crippen LogP contribution in [0.2, 0.25) is 0 Å². The second kappa shape index (κ2) is 3.39. The molecule has 1 heterocycles. The number of ether oxygens (including phenoxy) is 1. The van der Waals surface area contributed by atoms with Crippen LogP contribution in [0.25, 0.3) is 0 Å². The average Bonchev–Trinajstić information content (AvgIpc) is 2.53. The van der Waals surface area contributed by atoms with Gasteiger partial charge in [0.1, 0.15) is 5.76 Å². The molecule has 1 aliphatic heterocycles. The molecule has 0 N–H and O–H groups in total. The maximum Gasteiger partial charge on any atom is 0.208 e. The SMILES string of the molecule is CC12C=C(C(=O)CBr)OC1=CC=CC2. The Bertz CT molecular complexity index is 365. The molecule has 0 aromatic carbocycles. The van der Waals surface area contributed by atoms with Crippen LogP contribution >= 0.6 is 15.9 Å². The predicted octanol–water partition coefficient (Wildman–Crippen LogP) is 2.71. The molecule has 2 nitrogen and oxygen atoms in total. The Morgan fingerprint density at radius 1 is 1.71 bits per heavy atom. The van der Waals surface area contributed by atoms with E-state index in [4.69, 9.17) is 4.74 Å². The summed E-state index contributed by atoms with van der Waals surface area (Å²) in [5, 5.41) is 0.315. The van der Waals surface area contributed by atoms with E-state index in [2.05, 4.69) is 28.9 Å².